The van der Waals surface area contributed by atoms with Gasteiger partial charge in [-0.3, -0.25) is 9.59 Å². The molecule has 3 aromatic carbocycles. The Morgan fingerprint density at radius 1 is 0.793 bits per heavy atom. The van der Waals surface area contributed by atoms with Gasteiger partial charge in [-0.2, -0.15) is 0 Å². The molecule has 4 nitrogen and oxygen atoms in total. The van der Waals surface area contributed by atoms with Crippen LogP contribution in [0.15, 0.2) is 78.9 Å². The lowest BCUT2D eigenvalue weighted by Gasteiger charge is -2.08. The zero-order valence-electron chi connectivity index (χ0n) is 15.9. The Morgan fingerprint density at radius 2 is 1.41 bits per heavy atom. The van der Waals surface area contributed by atoms with Gasteiger partial charge >= 0.3 is 5.97 Å². The molecule has 0 aromatic heterocycles. The summed E-state index contributed by atoms with van der Waals surface area (Å²) in [7, 11) is 0. The smallest absolute Gasteiger partial charge is 0.310 e. The molecule has 0 atom stereocenters. The lowest BCUT2D eigenvalue weighted by Crippen LogP contribution is -2.30. The van der Waals surface area contributed by atoms with Crippen LogP contribution in [0.5, 0.6) is 0 Å². The predicted octanol–water partition coefficient (Wildman–Crippen LogP) is 4.45. The first-order valence-electron chi connectivity index (χ1n) is 9.41. The van der Waals surface area contributed by atoms with Crippen molar-refractivity contribution in [2.45, 2.75) is 12.8 Å². The minimum atomic E-state index is -0.426. The molecule has 0 aliphatic heterocycles. The molecule has 5 heteroatoms. The second-order valence-electron chi connectivity index (χ2n) is 6.63. The molecule has 0 spiro atoms. The normalized spacial score (nSPS) is 10.4. The zero-order valence-corrected chi connectivity index (χ0v) is 16.7. The number of carbonyl (C=O) groups excluding carboxylic acids is 2. The predicted molar refractivity (Wildman–Crippen MR) is 115 cm³/mol. The summed E-state index contributed by atoms with van der Waals surface area (Å²) in [6, 6.07) is 25.2. The van der Waals surface area contributed by atoms with E-state index in [1.807, 2.05) is 78.9 Å². The first-order valence-corrected chi connectivity index (χ1v) is 9.79. The Hall–Kier alpha value is -3.11. The van der Waals surface area contributed by atoms with Crippen molar-refractivity contribution in [3.63, 3.8) is 0 Å². The van der Waals surface area contributed by atoms with Gasteiger partial charge < -0.3 is 10.1 Å². The third-order valence-electron chi connectivity index (χ3n) is 4.42. The second kappa shape index (κ2) is 10.4. The summed E-state index contributed by atoms with van der Waals surface area (Å²) in [6.45, 7) is 0.195. The van der Waals surface area contributed by atoms with Crippen LogP contribution >= 0.6 is 11.6 Å². The van der Waals surface area contributed by atoms with Crippen LogP contribution in [0.3, 0.4) is 0 Å². The minimum Gasteiger partial charge on any atom is -0.455 e. The van der Waals surface area contributed by atoms with E-state index in [1.54, 1.807) is 0 Å². The van der Waals surface area contributed by atoms with E-state index < -0.39 is 5.97 Å². The Kier molecular flexibility index (Phi) is 7.42. The van der Waals surface area contributed by atoms with Crippen LogP contribution in [0, 0.1) is 0 Å². The van der Waals surface area contributed by atoms with Gasteiger partial charge in [-0.1, -0.05) is 78.3 Å². The van der Waals surface area contributed by atoms with E-state index in [0.29, 0.717) is 18.0 Å². The molecule has 0 unspecified atom stereocenters. The van der Waals surface area contributed by atoms with Crippen LogP contribution in [0.25, 0.3) is 11.1 Å². The number of halogens is 1. The Labute approximate surface area is 175 Å². The van der Waals surface area contributed by atoms with Crippen LogP contribution in [0.2, 0.25) is 5.02 Å². The van der Waals surface area contributed by atoms with Crippen molar-refractivity contribution in [1.29, 1.82) is 0 Å². The maximum Gasteiger partial charge on any atom is 0.310 e. The molecular weight excluding hydrogens is 386 g/mol. The maximum absolute atomic E-state index is 12.0. The van der Waals surface area contributed by atoms with E-state index >= 15 is 0 Å². The topological polar surface area (TPSA) is 55.4 Å². The van der Waals surface area contributed by atoms with Crippen LogP contribution in [-0.2, 0) is 27.2 Å². The van der Waals surface area contributed by atoms with Gasteiger partial charge in [0.15, 0.2) is 6.61 Å². The summed E-state index contributed by atoms with van der Waals surface area (Å²) in [5, 5.41) is 3.42. The highest BCUT2D eigenvalue weighted by Crippen LogP contribution is 2.19. The number of amides is 1. The third kappa shape index (κ3) is 6.77. The van der Waals surface area contributed by atoms with Gasteiger partial charge in [-0.05, 0) is 40.8 Å². The molecule has 29 heavy (non-hydrogen) atoms. The molecular formula is C24H22ClNO3. The fraction of sp³-hybridized carbons (Fsp3) is 0.167. The second-order valence-corrected chi connectivity index (χ2v) is 7.06. The van der Waals surface area contributed by atoms with E-state index in [1.165, 1.54) is 0 Å². The molecule has 3 rings (SSSR count). The van der Waals surface area contributed by atoms with Gasteiger partial charge in [-0.15, -0.1) is 0 Å². The van der Waals surface area contributed by atoms with E-state index in [0.717, 1.165) is 22.3 Å². The van der Waals surface area contributed by atoms with Crippen molar-refractivity contribution < 1.29 is 14.3 Å². The molecule has 1 amide bonds. The molecule has 0 saturated heterocycles. The fourth-order valence-corrected chi connectivity index (χ4v) is 2.98. The average Bonchev–Trinajstić information content (AvgIpc) is 2.75. The van der Waals surface area contributed by atoms with Crippen LogP contribution in [-0.4, -0.2) is 25.0 Å². The summed E-state index contributed by atoms with van der Waals surface area (Å²) in [5.41, 5.74) is 4.13. The number of benzene rings is 3. The van der Waals surface area contributed by atoms with Crippen molar-refractivity contribution in [1.82, 2.24) is 5.32 Å². The Balaban J connectivity index is 1.38. The van der Waals surface area contributed by atoms with E-state index in [4.69, 9.17) is 16.3 Å². The number of carbonyl (C=O) groups is 2. The number of ether oxygens (including phenoxy) is 1. The first-order chi connectivity index (χ1) is 14.1. The highest BCUT2D eigenvalue weighted by Gasteiger charge is 2.09. The lowest BCUT2D eigenvalue weighted by molar-refractivity contribution is -0.147. The van der Waals surface area contributed by atoms with Crippen molar-refractivity contribution >= 4 is 23.5 Å². The van der Waals surface area contributed by atoms with E-state index in [9.17, 15) is 9.59 Å². The van der Waals surface area contributed by atoms with Gasteiger partial charge in [0.25, 0.3) is 5.91 Å². The number of hydrogen-bond donors (Lipinski definition) is 1. The van der Waals surface area contributed by atoms with Crippen molar-refractivity contribution in [3.8, 4) is 11.1 Å². The molecule has 0 fully saturated rings. The van der Waals surface area contributed by atoms with Crippen LogP contribution in [0.1, 0.15) is 11.1 Å². The highest BCUT2D eigenvalue weighted by molar-refractivity contribution is 6.30. The molecule has 1 N–H and O–H groups in total. The van der Waals surface area contributed by atoms with E-state index in [-0.39, 0.29) is 18.9 Å². The molecule has 3 aromatic rings. The summed E-state index contributed by atoms with van der Waals surface area (Å²) in [4.78, 5) is 23.8. The van der Waals surface area contributed by atoms with Crippen molar-refractivity contribution in [3.05, 3.63) is 95.0 Å². The number of rotatable bonds is 8. The summed E-state index contributed by atoms with van der Waals surface area (Å²) in [6.07, 6.45) is 0.817. The summed E-state index contributed by atoms with van der Waals surface area (Å²) in [5.74, 6) is -0.739. The first kappa shape index (κ1) is 20.6. The van der Waals surface area contributed by atoms with Crippen molar-refractivity contribution in [2.75, 3.05) is 13.2 Å². The molecule has 0 radical (unpaired) electrons. The van der Waals surface area contributed by atoms with Gasteiger partial charge in [0, 0.05) is 11.6 Å². The molecule has 0 heterocycles. The largest absolute Gasteiger partial charge is 0.455 e. The quantitative estimate of drug-likeness (QED) is 0.561. The van der Waals surface area contributed by atoms with Gasteiger partial charge in [0.2, 0.25) is 0 Å². The monoisotopic (exact) mass is 407 g/mol. The number of esters is 1. The summed E-state index contributed by atoms with van der Waals surface area (Å²) >= 11 is 5.84. The molecule has 148 valence electrons. The standard InChI is InChI=1S/C24H22ClNO3/c25-22-12-8-18(9-13-22)14-15-26-23(27)17-29-24(28)16-19-6-10-21(11-7-19)20-4-2-1-3-5-20/h1-13H,14-17H2,(H,26,27). The fourth-order valence-electron chi connectivity index (χ4n) is 2.86. The number of nitrogens with one attached hydrogen (secondary N) is 1. The van der Waals surface area contributed by atoms with Gasteiger partial charge in [0.1, 0.15) is 0 Å². The van der Waals surface area contributed by atoms with Gasteiger partial charge in [0.05, 0.1) is 6.42 Å². The minimum absolute atomic E-state index is 0.132. The van der Waals surface area contributed by atoms with Crippen LogP contribution < -0.4 is 5.32 Å². The lowest BCUT2D eigenvalue weighted by atomic mass is 10.0. The molecule has 0 aliphatic rings. The van der Waals surface area contributed by atoms with Crippen LogP contribution in [0.4, 0.5) is 0 Å². The molecule has 0 aliphatic carbocycles. The Morgan fingerprint density at radius 3 is 2.10 bits per heavy atom. The maximum atomic E-state index is 12.0. The Bertz CT molecular complexity index is 938. The molecule has 0 saturated carbocycles. The average molecular weight is 408 g/mol. The summed E-state index contributed by atoms with van der Waals surface area (Å²) < 4.78 is 5.07. The molecule has 0 bridgehead atoms. The number of hydrogen-bond acceptors (Lipinski definition) is 3. The van der Waals surface area contributed by atoms with E-state index in [2.05, 4.69) is 5.32 Å². The zero-order chi connectivity index (χ0) is 20.5. The SMILES string of the molecule is O=C(COC(=O)Cc1ccc(-c2ccccc2)cc1)NCCc1ccc(Cl)cc1. The third-order valence-corrected chi connectivity index (χ3v) is 4.67. The van der Waals surface area contributed by atoms with Gasteiger partial charge in [-0.25, -0.2) is 0 Å². The highest BCUT2D eigenvalue weighted by atomic mass is 35.5. The van der Waals surface area contributed by atoms with Crippen molar-refractivity contribution in [2.24, 2.45) is 0 Å².